The van der Waals surface area contributed by atoms with E-state index in [9.17, 15) is 0 Å². The molecule has 3 aromatic rings. The Morgan fingerprint density at radius 1 is 0.478 bits per heavy atom. The van der Waals surface area contributed by atoms with Crippen LogP contribution in [0.15, 0.2) is 103 Å². The largest absolute Gasteiger partial charge is 0.508 e. The molecule has 0 aliphatic heterocycles. The van der Waals surface area contributed by atoms with Gasteiger partial charge in [-0.25, -0.2) is 0 Å². The number of benzene rings is 3. The van der Waals surface area contributed by atoms with Crippen LogP contribution in [0.3, 0.4) is 0 Å². The molecule has 0 heterocycles. The summed E-state index contributed by atoms with van der Waals surface area (Å²) in [7, 11) is 0. The van der Waals surface area contributed by atoms with Crippen LogP contribution in [-0.2, 0) is 0 Å². The molecule has 23 heavy (non-hydrogen) atoms. The lowest BCUT2D eigenvalue weighted by atomic mass is 10.2. The molecule has 0 aliphatic carbocycles. The van der Waals surface area contributed by atoms with Gasteiger partial charge in [-0.1, -0.05) is 103 Å². The summed E-state index contributed by atoms with van der Waals surface area (Å²) in [4.78, 5) is 0. The van der Waals surface area contributed by atoms with Crippen LogP contribution < -0.4 is 0 Å². The maximum Gasteiger partial charge on any atom is 0.115 e. The van der Waals surface area contributed by atoms with Crippen LogP contribution in [0.5, 0.6) is 5.75 Å². The summed E-state index contributed by atoms with van der Waals surface area (Å²) in [5.74, 6) is 0.322. The molecule has 114 valence electrons. The molecule has 0 aromatic heterocycles. The minimum absolute atomic E-state index is 0.322. The molecule has 1 heteroatoms. The second kappa shape index (κ2) is 9.80. The summed E-state index contributed by atoms with van der Waals surface area (Å²) in [6.07, 6.45) is 8.31. The predicted molar refractivity (Wildman–Crippen MR) is 99.1 cm³/mol. The molecule has 0 unspecified atom stereocenters. The lowest BCUT2D eigenvalue weighted by molar-refractivity contribution is 0.475. The van der Waals surface area contributed by atoms with Crippen molar-refractivity contribution in [1.82, 2.24) is 0 Å². The van der Waals surface area contributed by atoms with Crippen molar-refractivity contribution in [3.63, 3.8) is 0 Å². The minimum atomic E-state index is 0.322. The number of hydrogen-bond donors (Lipinski definition) is 1. The molecule has 0 aliphatic rings. The monoisotopic (exact) mass is 300 g/mol. The SMILES string of the molecule is C(C=Cc1ccccc1)=Cc1ccccc1.Oc1ccccc1. The molecule has 1 N–H and O–H groups in total. The molecule has 0 saturated carbocycles. The van der Waals surface area contributed by atoms with E-state index in [2.05, 4.69) is 48.6 Å². The van der Waals surface area contributed by atoms with Gasteiger partial charge in [0.1, 0.15) is 5.75 Å². The van der Waals surface area contributed by atoms with Gasteiger partial charge in [-0.3, -0.25) is 0 Å². The molecule has 0 atom stereocenters. The summed E-state index contributed by atoms with van der Waals surface area (Å²) in [6, 6.07) is 29.3. The van der Waals surface area contributed by atoms with Gasteiger partial charge in [0.2, 0.25) is 0 Å². The summed E-state index contributed by atoms with van der Waals surface area (Å²) >= 11 is 0. The average molecular weight is 300 g/mol. The van der Waals surface area contributed by atoms with Crippen LogP contribution in [0.1, 0.15) is 11.1 Å². The van der Waals surface area contributed by atoms with E-state index < -0.39 is 0 Å². The molecule has 0 radical (unpaired) electrons. The molecule has 0 fully saturated rings. The van der Waals surface area contributed by atoms with Crippen LogP contribution in [0.4, 0.5) is 0 Å². The van der Waals surface area contributed by atoms with E-state index >= 15 is 0 Å². The van der Waals surface area contributed by atoms with Gasteiger partial charge in [-0.05, 0) is 23.3 Å². The Bertz CT molecular complexity index is 666. The van der Waals surface area contributed by atoms with Gasteiger partial charge >= 0.3 is 0 Å². The lowest BCUT2D eigenvalue weighted by Crippen LogP contribution is -1.68. The average Bonchev–Trinajstić information content (AvgIpc) is 2.62. The van der Waals surface area contributed by atoms with Crippen molar-refractivity contribution < 1.29 is 5.11 Å². The minimum Gasteiger partial charge on any atom is -0.508 e. The zero-order valence-corrected chi connectivity index (χ0v) is 12.9. The molecule has 0 spiro atoms. The molecular weight excluding hydrogens is 280 g/mol. The third kappa shape index (κ3) is 6.96. The van der Waals surface area contributed by atoms with Crippen molar-refractivity contribution in [3.05, 3.63) is 114 Å². The van der Waals surface area contributed by atoms with Gasteiger partial charge in [0.15, 0.2) is 0 Å². The van der Waals surface area contributed by atoms with E-state index in [-0.39, 0.29) is 0 Å². The van der Waals surface area contributed by atoms with Gasteiger partial charge in [-0.15, -0.1) is 0 Å². The van der Waals surface area contributed by atoms with Crippen LogP contribution in [0, 0.1) is 0 Å². The number of para-hydroxylation sites is 1. The molecule has 0 bridgehead atoms. The fourth-order valence-electron chi connectivity index (χ4n) is 1.89. The number of rotatable bonds is 3. The highest BCUT2D eigenvalue weighted by atomic mass is 16.3. The van der Waals surface area contributed by atoms with Crippen LogP contribution in [-0.4, -0.2) is 5.11 Å². The third-order valence-corrected chi connectivity index (χ3v) is 3.04. The van der Waals surface area contributed by atoms with Crippen LogP contribution >= 0.6 is 0 Å². The quantitative estimate of drug-likeness (QED) is 0.605. The van der Waals surface area contributed by atoms with Crippen molar-refractivity contribution in [2.24, 2.45) is 0 Å². The van der Waals surface area contributed by atoms with Crippen molar-refractivity contribution >= 4 is 12.2 Å². The van der Waals surface area contributed by atoms with E-state index in [0.29, 0.717) is 5.75 Å². The number of phenolic OH excluding ortho intramolecular Hbond substituents is 1. The Labute approximate surface area is 137 Å². The first-order chi connectivity index (χ1) is 11.3. The zero-order chi connectivity index (χ0) is 16.2. The van der Waals surface area contributed by atoms with E-state index in [0.717, 1.165) is 0 Å². The summed E-state index contributed by atoms with van der Waals surface area (Å²) in [6.45, 7) is 0. The van der Waals surface area contributed by atoms with E-state index in [4.69, 9.17) is 5.11 Å². The van der Waals surface area contributed by atoms with E-state index in [1.165, 1.54) is 11.1 Å². The zero-order valence-electron chi connectivity index (χ0n) is 12.9. The summed E-state index contributed by atoms with van der Waals surface area (Å²) in [5.41, 5.74) is 2.44. The highest BCUT2D eigenvalue weighted by molar-refractivity contribution is 5.56. The Kier molecular flexibility index (Phi) is 6.95. The first-order valence-corrected chi connectivity index (χ1v) is 7.53. The lowest BCUT2D eigenvalue weighted by Gasteiger charge is -1.90. The Morgan fingerprint density at radius 3 is 1.13 bits per heavy atom. The molecule has 3 aromatic carbocycles. The van der Waals surface area contributed by atoms with Gasteiger partial charge < -0.3 is 5.11 Å². The first kappa shape index (κ1) is 16.3. The second-order valence-electron chi connectivity index (χ2n) is 4.88. The van der Waals surface area contributed by atoms with E-state index in [1.54, 1.807) is 24.3 Å². The molecule has 0 amide bonds. The van der Waals surface area contributed by atoms with Crippen LogP contribution in [0.25, 0.3) is 12.2 Å². The molecule has 3 rings (SSSR count). The number of phenols is 1. The van der Waals surface area contributed by atoms with Gasteiger partial charge in [-0.2, -0.15) is 0 Å². The van der Waals surface area contributed by atoms with Crippen molar-refractivity contribution in [2.45, 2.75) is 0 Å². The maximum absolute atomic E-state index is 8.63. The van der Waals surface area contributed by atoms with Crippen LogP contribution in [0.2, 0.25) is 0 Å². The number of aromatic hydroxyl groups is 1. The fraction of sp³-hybridized carbons (Fsp3) is 0. The van der Waals surface area contributed by atoms with Gasteiger partial charge in [0, 0.05) is 0 Å². The summed E-state index contributed by atoms with van der Waals surface area (Å²) < 4.78 is 0. The second-order valence-corrected chi connectivity index (χ2v) is 4.88. The molecular formula is C22H20O. The van der Waals surface area contributed by atoms with Crippen molar-refractivity contribution in [3.8, 4) is 5.75 Å². The Hall–Kier alpha value is -3.06. The Morgan fingerprint density at radius 2 is 0.826 bits per heavy atom. The van der Waals surface area contributed by atoms with Gasteiger partial charge in [0.25, 0.3) is 0 Å². The van der Waals surface area contributed by atoms with Crippen molar-refractivity contribution in [1.29, 1.82) is 0 Å². The maximum atomic E-state index is 8.63. The van der Waals surface area contributed by atoms with Gasteiger partial charge in [0.05, 0.1) is 0 Å². The highest BCUT2D eigenvalue weighted by Crippen LogP contribution is 2.04. The first-order valence-electron chi connectivity index (χ1n) is 7.53. The number of allylic oxidation sites excluding steroid dienone is 2. The molecule has 1 nitrogen and oxygen atoms in total. The predicted octanol–water partition coefficient (Wildman–Crippen LogP) is 5.81. The fourth-order valence-corrected chi connectivity index (χ4v) is 1.89. The Balaban J connectivity index is 0.000000229. The topological polar surface area (TPSA) is 20.2 Å². The normalized spacial score (nSPS) is 10.4. The van der Waals surface area contributed by atoms with E-state index in [1.807, 2.05) is 42.5 Å². The highest BCUT2D eigenvalue weighted by Gasteiger charge is 1.81. The third-order valence-electron chi connectivity index (χ3n) is 3.04. The smallest absolute Gasteiger partial charge is 0.115 e. The standard InChI is InChI=1S/C16H14.C6H6O/c1-3-9-15(10-4-1)13-7-8-14-16-11-5-2-6-12-16;7-6-4-2-1-3-5-6/h1-14H;1-5,7H. The summed E-state index contributed by atoms with van der Waals surface area (Å²) in [5, 5.41) is 8.63. The molecule has 0 saturated heterocycles. The van der Waals surface area contributed by atoms with Crippen molar-refractivity contribution in [2.75, 3.05) is 0 Å². The number of hydrogen-bond acceptors (Lipinski definition) is 1.